The largest absolute Gasteiger partial charge is 0.411 e. The molecule has 0 saturated carbocycles. The molecular weight excluding hydrogens is 242 g/mol. The third-order valence-electron chi connectivity index (χ3n) is 2.76. The minimum absolute atomic E-state index is 0.524. The van der Waals surface area contributed by atoms with Gasteiger partial charge in [-0.3, -0.25) is 0 Å². The molecule has 6 heteroatoms. The zero-order valence-electron chi connectivity index (χ0n) is 10.7. The Labute approximate surface area is 110 Å². The van der Waals surface area contributed by atoms with E-state index in [9.17, 15) is 5.26 Å². The lowest BCUT2D eigenvalue weighted by molar-refractivity contribution is -0.373. The van der Waals surface area contributed by atoms with Gasteiger partial charge in [0.15, 0.2) is 11.3 Å². The van der Waals surface area contributed by atoms with Crippen LogP contribution < -0.4 is 9.88 Å². The number of H-pyrrole nitrogens is 1. The molecule has 96 valence electrons. The normalized spacial score (nSPS) is 10.6. The Morgan fingerprint density at radius 1 is 1.47 bits per heavy atom. The number of pyridine rings is 1. The number of oxime groups is 1. The standard InChI is InChI=1S/C13H13N5O/c1-17(2)12-5-6-15-13(11(12)8-14)18-7-3-4-10(18)9-16-19/h3-7,9,19H,1-2H3/p+1/b16-9+. The van der Waals surface area contributed by atoms with E-state index in [1.54, 1.807) is 23.0 Å². The van der Waals surface area contributed by atoms with Crippen LogP contribution in [0.15, 0.2) is 35.7 Å². The van der Waals surface area contributed by atoms with Gasteiger partial charge in [-0.1, -0.05) is 5.16 Å². The quantitative estimate of drug-likeness (QED) is 0.506. The number of anilines is 1. The Balaban J connectivity index is 2.66. The Hall–Kier alpha value is -2.81. The van der Waals surface area contributed by atoms with Crippen molar-refractivity contribution in [1.29, 1.82) is 5.26 Å². The van der Waals surface area contributed by atoms with Gasteiger partial charge in [-0.25, -0.2) is 4.98 Å². The van der Waals surface area contributed by atoms with E-state index < -0.39 is 0 Å². The number of hydrogen-bond donors (Lipinski definition) is 1. The molecule has 0 fully saturated rings. The molecule has 0 amide bonds. The number of nitriles is 1. The highest BCUT2D eigenvalue weighted by atomic mass is 16.4. The second kappa shape index (κ2) is 5.23. The van der Waals surface area contributed by atoms with Gasteiger partial charge < -0.3 is 10.1 Å². The van der Waals surface area contributed by atoms with Crippen molar-refractivity contribution in [2.45, 2.75) is 0 Å². The molecule has 19 heavy (non-hydrogen) atoms. The first-order chi connectivity index (χ1) is 9.19. The summed E-state index contributed by atoms with van der Waals surface area (Å²) in [6.07, 6.45) is 4.88. The molecule has 0 aromatic carbocycles. The van der Waals surface area contributed by atoms with Crippen LogP contribution in [0.5, 0.6) is 0 Å². The fourth-order valence-corrected chi connectivity index (χ4v) is 1.91. The van der Waals surface area contributed by atoms with Crippen LogP contribution in [0.4, 0.5) is 5.69 Å². The SMILES string of the molecule is CN(C)c1cc[nH+]c(-n2cccc2/C=N/O)c1C#N. The van der Waals surface area contributed by atoms with E-state index in [1.807, 2.05) is 31.1 Å². The van der Waals surface area contributed by atoms with Gasteiger partial charge in [0, 0.05) is 20.2 Å². The van der Waals surface area contributed by atoms with Crippen LogP contribution in [0.25, 0.3) is 5.82 Å². The van der Waals surface area contributed by atoms with E-state index in [-0.39, 0.29) is 0 Å². The van der Waals surface area contributed by atoms with Crippen LogP contribution in [0.3, 0.4) is 0 Å². The summed E-state index contributed by atoms with van der Waals surface area (Å²) in [5.74, 6) is 0.633. The number of aromatic nitrogens is 2. The van der Waals surface area contributed by atoms with Crippen LogP contribution in [0.2, 0.25) is 0 Å². The maximum atomic E-state index is 9.37. The zero-order chi connectivity index (χ0) is 13.8. The first-order valence-electron chi connectivity index (χ1n) is 5.66. The maximum Gasteiger partial charge on any atom is 0.304 e. The molecule has 2 aromatic heterocycles. The summed E-state index contributed by atoms with van der Waals surface area (Å²) in [4.78, 5) is 4.93. The summed E-state index contributed by atoms with van der Waals surface area (Å²) >= 11 is 0. The lowest BCUT2D eigenvalue weighted by atomic mass is 10.2. The summed E-state index contributed by atoms with van der Waals surface area (Å²) in [5.41, 5.74) is 2.01. The van der Waals surface area contributed by atoms with Crippen molar-refractivity contribution >= 4 is 11.9 Å². The number of hydrogen-bond acceptors (Lipinski definition) is 4. The van der Waals surface area contributed by atoms with E-state index in [0.29, 0.717) is 17.1 Å². The van der Waals surface area contributed by atoms with Gasteiger partial charge in [0.25, 0.3) is 0 Å². The van der Waals surface area contributed by atoms with Gasteiger partial charge in [-0.15, -0.1) is 0 Å². The molecular formula is C13H14N5O+. The van der Waals surface area contributed by atoms with Crippen molar-refractivity contribution in [3.63, 3.8) is 0 Å². The van der Waals surface area contributed by atoms with Crippen molar-refractivity contribution in [3.8, 4) is 11.9 Å². The molecule has 0 bridgehead atoms. The van der Waals surface area contributed by atoms with Crippen molar-refractivity contribution in [2.24, 2.45) is 5.16 Å². The van der Waals surface area contributed by atoms with Crippen molar-refractivity contribution < 1.29 is 10.2 Å². The van der Waals surface area contributed by atoms with Crippen molar-refractivity contribution in [2.75, 3.05) is 19.0 Å². The van der Waals surface area contributed by atoms with Crippen molar-refractivity contribution in [3.05, 3.63) is 41.9 Å². The van der Waals surface area contributed by atoms with Crippen LogP contribution in [0.1, 0.15) is 11.3 Å². The summed E-state index contributed by atoms with van der Waals surface area (Å²) in [5, 5.41) is 21.1. The molecule has 6 nitrogen and oxygen atoms in total. The van der Waals surface area contributed by atoms with E-state index in [4.69, 9.17) is 5.21 Å². The molecule has 0 atom stereocenters. The van der Waals surface area contributed by atoms with E-state index in [1.165, 1.54) is 6.21 Å². The highest BCUT2D eigenvalue weighted by Crippen LogP contribution is 2.21. The molecule has 2 aromatic rings. The Kier molecular flexibility index (Phi) is 3.48. The number of nitrogens with one attached hydrogen (secondary N) is 1. The molecule has 0 aliphatic carbocycles. The molecule has 0 saturated heterocycles. The lowest BCUT2D eigenvalue weighted by Gasteiger charge is -2.13. The smallest absolute Gasteiger partial charge is 0.304 e. The minimum Gasteiger partial charge on any atom is -0.411 e. The predicted octanol–water partition coefficient (Wildman–Crippen LogP) is 1.04. The first-order valence-corrected chi connectivity index (χ1v) is 5.66. The first kappa shape index (κ1) is 12.6. The van der Waals surface area contributed by atoms with Crippen LogP contribution in [0, 0.1) is 11.3 Å². The zero-order valence-corrected chi connectivity index (χ0v) is 10.7. The number of aromatic amines is 1. The third kappa shape index (κ3) is 2.26. The Morgan fingerprint density at radius 2 is 2.26 bits per heavy atom. The summed E-state index contributed by atoms with van der Waals surface area (Å²) < 4.78 is 1.76. The fourth-order valence-electron chi connectivity index (χ4n) is 1.91. The Bertz CT molecular complexity index is 651. The fraction of sp³-hybridized carbons (Fsp3) is 0.154. The number of nitrogens with zero attached hydrogens (tertiary/aromatic N) is 4. The molecule has 0 spiro atoms. The third-order valence-corrected chi connectivity index (χ3v) is 2.76. The lowest BCUT2D eigenvalue weighted by Crippen LogP contribution is -2.20. The Morgan fingerprint density at radius 3 is 2.89 bits per heavy atom. The predicted molar refractivity (Wildman–Crippen MR) is 70.7 cm³/mol. The van der Waals surface area contributed by atoms with Gasteiger partial charge >= 0.3 is 5.82 Å². The molecule has 2 heterocycles. The molecule has 0 radical (unpaired) electrons. The van der Waals surface area contributed by atoms with Gasteiger partial charge in [0.1, 0.15) is 12.3 Å². The second-order valence-electron chi connectivity index (χ2n) is 4.14. The van der Waals surface area contributed by atoms with Gasteiger partial charge in [0.2, 0.25) is 0 Å². The monoisotopic (exact) mass is 256 g/mol. The maximum absolute atomic E-state index is 9.37. The van der Waals surface area contributed by atoms with Crippen molar-refractivity contribution in [1.82, 2.24) is 4.57 Å². The van der Waals surface area contributed by atoms with Crippen LogP contribution in [-0.2, 0) is 0 Å². The van der Waals surface area contributed by atoms with Crippen LogP contribution in [-0.4, -0.2) is 30.1 Å². The van der Waals surface area contributed by atoms with Gasteiger partial charge in [-0.2, -0.15) is 9.83 Å². The molecule has 2 rings (SSSR count). The summed E-state index contributed by atoms with van der Waals surface area (Å²) in [7, 11) is 3.76. The highest BCUT2D eigenvalue weighted by molar-refractivity contribution is 5.78. The highest BCUT2D eigenvalue weighted by Gasteiger charge is 2.20. The second-order valence-corrected chi connectivity index (χ2v) is 4.14. The van der Waals surface area contributed by atoms with Gasteiger partial charge in [-0.05, 0) is 12.1 Å². The molecule has 0 aliphatic heterocycles. The van der Waals surface area contributed by atoms with E-state index in [0.717, 1.165) is 5.69 Å². The van der Waals surface area contributed by atoms with Gasteiger partial charge in [0.05, 0.1) is 18.1 Å². The van der Waals surface area contributed by atoms with Crippen LogP contribution >= 0.6 is 0 Å². The summed E-state index contributed by atoms with van der Waals surface area (Å²) in [6, 6.07) is 7.64. The topological polar surface area (TPSA) is 78.7 Å². The molecule has 2 N–H and O–H groups in total. The summed E-state index contributed by atoms with van der Waals surface area (Å²) in [6.45, 7) is 0. The molecule has 0 unspecified atom stereocenters. The van der Waals surface area contributed by atoms with E-state index in [2.05, 4.69) is 16.2 Å². The average molecular weight is 256 g/mol. The average Bonchev–Trinajstić information content (AvgIpc) is 2.86. The number of rotatable bonds is 3. The minimum atomic E-state index is 0.524. The van der Waals surface area contributed by atoms with E-state index >= 15 is 0 Å². The molecule has 0 aliphatic rings.